The van der Waals surface area contributed by atoms with E-state index in [-0.39, 0.29) is 16.5 Å². The average molecular weight is 195 g/mol. The highest BCUT2D eigenvalue weighted by atomic mass is 35.5. The lowest BCUT2D eigenvalue weighted by atomic mass is 10.2. The smallest absolute Gasteiger partial charge is 0.197 e. The molecule has 0 amide bonds. The van der Waals surface area contributed by atoms with Crippen LogP contribution < -0.4 is 0 Å². The Morgan fingerprint density at radius 2 is 2.31 bits per heavy atom. The van der Waals surface area contributed by atoms with E-state index >= 15 is 0 Å². The zero-order valence-electron chi connectivity index (χ0n) is 6.27. The molecule has 0 aromatic rings. The quantitative estimate of drug-likeness (QED) is 0.504. The Labute approximate surface area is 78.1 Å². The van der Waals surface area contributed by atoms with Crippen molar-refractivity contribution in [3.05, 3.63) is 23.1 Å². The fourth-order valence-corrected chi connectivity index (χ4v) is 1.19. The van der Waals surface area contributed by atoms with Gasteiger partial charge in [0.2, 0.25) is 0 Å². The largest absolute Gasteiger partial charge is 0.425 e. The highest BCUT2D eigenvalue weighted by molar-refractivity contribution is 6.30. The molecule has 2 aliphatic heterocycles. The first-order valence-corrected chi connectivity index (χ1v) is 3.73. The lowest BCUT2D eigenvalue weighted by Gasteiger charge is -2.05. The van der Waals surface area contributed by atoms with Gasteiger partial charge in [-0.15, -0.1) is 0 Å². The summed E-state index contributed by atoms with van der Waals surface area (Å²) in [5, 5.41) is 18.0. The number of fused-ring (bicyclic) bond motifs is 1. The molecule has 0 aromatic carbocycles. The van der Waals surface area contributed by atoms with Crippen molar-refractivity contribution in [2.45, 2.75) is 0 Å². The van der Waals surface area contributed by atoms with Gasteiger partial charge in [-0.05, 0) is 6.07 Å². The first kappa shape index (κ1) is 7.83. The highest BCUT2D eigenvalue weighted by Gasteiger charge is 2.16. The topological polar surface area (TPSA) is 74.7 Å². The number of hydrogen-bond donors (Lipinski definition) is 1. The van der Waals surface area contributed by atoms with Crippen LogP contribution in [0.2, 0.25) is 5.15 Å². The molecule has 0 aromatic heterocycles. The maximum atomic E-state index is 9.39. The fraction of sp³-hybridized carbons (Fsp3) is 0. The van der Waals surface area contributed by atoms with Crippen molar-refractivity contribution >= 4 is 11.6 Å². The number of halogens is 1. The predicted octanol–water partition coefficient (Wildman–Crippen LogP) is 1.15. The van der Waals surface area contributed by atoms with Crippen LogP contribution in [0, 0.1) is 11.3 Å². The van der Waals surface area contributed by atoms with E-state index in [1.165, 1.54) is 12.4 Å². The van der Waals surface area contributed by atoms with E-state index in [0.717, 1.165) is 0 Å². The van der Waals surface area contributed by atoms with E-state index in [1.54, 1.807) is 0 Å². The Morgan fingerprint density at radius 3 is 3.00 bits per heavy atom. The van der Waals surface area contributed by atoms with Gasteiger partial charge in [0.1, 0.15) is 18.1 Å². The van der Waals surface area contributed by atoms with Gasteiger partial charge in [-0.25, -0.2) is 9.97 Å². The molecule has 2 rings (SSSR count). The van der Waals surface area contributed by atoms with Crippen molar-refractivity contribution in [1.82, 2.24) is 14.7 Å². The summed E-state index contributed by atoms with van der Waals surface area (Å²) in [4.78, 5) is 7.59. The number of nitrogens with zero attached hydrogens (tertiary/aromatic N) is 4. The van der Waals surface area contributed by atoms with Gasteiger partial charge < -0.3 is 5.21 Å². The minimum Gasteiger partial charge on any atom is -0.425 e. The lowest BCUT2D eigenvalue weighted by molar-refractivity contribution is 0.187. The molecular formula is C7H3ClN4O. The molecule has 0 atom stereocenters. The molecule has 13 heavy (non-hydrogen) atoms. The third-order valence-electron chi connectivity index (χ3n) is 1.62. The van der Waals surface area contributed by atoms with Crippen LogP contribution in [0.4, 0.5) is 0 Å². The second-order valence-electron chi connectivity index (χ2n) is 2.35. The Bertz CT molecular complexity index is 472. The first-order valence-electron chi connectivity index (χ1n) is 3.35. The Kier molecular flexibility index (Phi) is 1.57. The molecule has 0 spiro atoms. The monoisotopic (exact) mass is 194 g/mol. The molecule has 0 saturated carbocycles. The van der Waals surface area contributed by atoms with Gasteiger partial charge in [-0.2, -0.15) is 9.99 Å². The van der Waals surface area contributed by atoms with Crippen LogP contribution >= 0.6 is 11.6 Å². The van der Waals surface area contributed by atoms with Gasteiger partial charge in [0.05, 0.1) is 5.56 Å². The lowest BCUT2D eigenvalue weighted by Crippen LogP contribution is -2.02. The average Bonchev–Trinajstić information content (AvgIpc) is 2.59. The van der Waals surface area contributed by atoms with Gasteiger partial charge in [0, 0.05) is 0 Å². The van der Waals surface area contributed by atoms with Crippen LogP contribution in [-0.4, -0.2) is 19.9 Å². The SMILES string of the molecule is N#Cc1cc2ncnc-2n(O)c1Cl. The predicted molar refractivity (Wildman–Crippen MR) is 43.6 cm³/mol. The van der Waals surface area contributed by atoms with E-state index in [4.69, 9.17) is 16.9 Å². The molecule has 0 aliphatic carbocycles. The van der Waals surface area contributed by atoms with E-state index in [2.05, 4.69) is 9.97 Å². The molecule has 0 fully saturated rings. The zero-order valence-corrected chi connectivity index (χ0v) is 7.02. The summed E-state index contributed by atoms with van der Waals surface area (Å²) in [6.45, 7) is 0. The van der Waals surface area contributed by atoms with Gasteiger partial charge in [-0.3, -0.25) is 0 Å². The summed E-state index contributed by atoms with van der Waals surface area (Å²) in [5.41, 5.74) is 0.598. The fourth-order valence-electron chi connectivity index (χ4n) is 1.02. The summed E-state index contributed by atoms with van der Waals surface area (Å²) in [5.74, 6) is 0.240. The molecule has 0 bridgehead atoms. The maximum absolute atomic E-state index is 9.39. The normalized spacial score (nSPS) is 10.2. The van der Waals surface area contributed by atoms with Crippen LogP contribution in [0.15, 0.2) is 12.4 Å². The minimum absolute atomic E-state index is 0.0597. The Morgan fingerprint density at radius 1 is 1.54 bits per heavy atom. The molecule has 2 aliphatic rings. The zero-order chi connectivity index (χ0) is 9.42. The molecule has 6 heteroatoms. The number of hydrogen-bond acceptors (Lipinski definition) is 4. The van der Waals surface area contributed by atoms with Crippen molar-refractivity contribution in [3.63, 3.8) is 0 Å². The summed E-state index contributed by atoms with van der Waals surface area (Å²) < 4.78 is 0.641. The van der Waals surface area contributed by atoms with E-state index in [1.807, 2.05) is 6.07 Å². The molecule has 5 nitrogen and oxygen atoms in total. The third-order valence-corrected chi connectivity index (χ3v) is 1.98. The van der Waals surface area contributed by atoms with Crippen LogP contribution in [0.5, 0.6) is 0 Å². The summed E-state index contributed by atoms with van der Waals surface area (Å²) >= 11 is 5.65. The number of rotatable bonds is 0. The molecule has 1 N–H and O–H groups in total. The third kappa shape index (κ3) is 0.999. The van der Waals surface area contributed by atoms with Crippen molar-refractivity contribution in [2.75, 3.05) is 0 Å². The van der Waals surface area contributed by atoms with Crippen molar-refractivity contribution < 1.29 is 5.21 Å². The van der Waals surface area contributed by atoms with Gasteiger partial charge in [-0.1, -0.05) is 11.6 Å². The van der Waals surface area contributed by atoms with Gasteiger partial charge >= 0.3 is 0 Å². The van der Waals surface area contributed by atoms with Crippen LogP contribution in [0.3, 0.4) is 0 Å². The van der Waals surface area contributed by atoms with Crippen LogP contribution in [-0.2, 0) is 0 Å². The van der Waals surface area contributed by atoms with Crippen molar-refractivity contribution in [1.29, 1.82) is 5.26 Å². The summed E-state index contributed by atoms with van der Waals surface area (Å²) in [6, 6.07) is 3.31. The number of nitriles is 1. The first-order chi connectivity index (χ1) is 6.24. The van der Waals surface area contributed by atoms with Crippen LogP contribution in [0.1, 0.15) is 5.56 Å². The Hall–Kier alpha value is -1.80. The molecule has 0 unspecified atom stereocenters. The minimum atomic E-state index is -0.0597. The molecule has 64 valence electrons. The number of pyridine rings is 1. The molecule has 0 radical (unpaired) electrons. The second-order valence-corrected chi connectivity index (χ2v) is 2.71. The molecule has 2 heterocycles. The second kappa shape index (κ2) is 2.61. The molecular weight excluding hydrogens is 192 g/mol. The van der Waals surface area contributed by atoms with E-state index < -0.39 is 0 Å². The van der Waals surface area contributed by atoms with Crippen molar-refractivity contribution in [3.8, 4) is 17.6 Å². The number of imidazole rings is 1. The highest BCUT2D eigenvalue weighted by Crippen LogP contribution is 2.24. The van der Waals surface area contributed by atoms with E-state index in [9.17, 15) is 5.21 Å². The Balaban J connectivity index is 2.86. The maximum Gasteiger partial charge on any atom is 0.197 e. The van der Waals surface area contributed by atoms with Crippen LogP contribution in [0.25, 0.3) is 11.5 Å². The number of aromatic nitrogens is 3. The van der Waals surface area contributed by atoms with Gasteiger partial charge in [0.15, 0.2) is 11.0 Å². The van der Waals surface area contributed by atoms with Gasteiger partial charge in [0.25, 0.3) is 0 Å². The standard InChI is InChI=1S/C7H3ClN4O/c8-6-4(2-9)1-5-7(12(6)13)11-3-10-5/h1,3,13H. The summed E-state index contributed by atoms with van der Waals surface area (Å²) in [6.07, 6.45) is 1.29. The van der Waals surface area contributed by atoms with Crippen molar-refractivity contribution in [2.24, 2.45) is 0 Å². The molecule has 0 saturated heterocycles. The summed E-state index contributed by atoms with van der Waals surface area (Å²) in [7, 11) is 0. The van der Waals surface area contributed by atoms with E-state index in [0.29, 0.717) is 10.4 Å².